The Morgan fingerprint density at radius 2 is 2.04 bits per heavy atom. The van der Waals surface area contributed by atoms with Crippen molar-refractivity contribution in [3.63, 3.8) is 0 Å². The first-order valence-corrected chi connectivity index (χ1v) is 9.21. The summed E-state index contributed by atoms with van der Waals surface area (Å²) in [6, 6.07) is 7.93. The van der Waals surface area contributed by atoms with Gasteiger partial charge in [-0.25, -0.2) is 9.89 Å². The maximum atomic E-state index is 12.1. The zero-order valence-corrected chi connectivity index (χ0v) is 15.2. The van der Waals surface area contributed by atoms with Gasteiger partial charge in [0.2, 0.25) is 5.91 Å². The van der Waals surface area contributed by atoms with Gasteiger partial charge in [0.05, 0.1) is 5.75 Å². The summed E-state index contributed by atoms with van der Waals surface area (Å²) in [5, 5.41) is 9.80. The fraction of sp³-hybridized carbons (Fsp3) is 0.471. The highest BCUT2D eigenvalue weighted by atomic mass is 32.2. The Kier molecular flexibility index (Phi) is 6.66. The number of aromatic nitrogens is 3. The summed E-state index contributed by atoms with van der Waals surface area (Å²) in [6.07, 6.45) is 1.92. The molecule has 1 aromatic carbocycles. The van der Waals surface area contributed by atoms with Gasteiger partial charge < -0.3 is 5.32 Å². The van der Waals surface area contributed by atoms with E-state index in [2.05, 4.69) is 29.4 Å². The lowest BCUT2D eigenvalue weighted by atomic mass is 9.99. The highest BCUT2D eigenvalue weighted by Crippen LogP contribution is 2.21. The number of carbonyl (C=O) groups excluding carboxylic acids is 1. The van der Waals surface area contributed by atoms with E-state index in [9.17, 15) is 9.59 Å². The third kappa shape index (κ3) is 4.74. The third-order valence-electron chi connectivity index (χ3n) is 3.88. The van der Waals surface area contributed by atoms with Crippen LogP contribution < -0.4 is 11.0 Å². The van der Waals surface area contributed by atoms with E-state index in [1.165, 1.54) is 17.3 Å². The van der Waals surface area contributed by atoms with Gasteiger partial charge in [-0.1, -0.05) is 44.7 Å². The Balaban J connectivity index is 1.91. The fourth-order valence-electron chi connectivity index (χ4n) is 2.29. The van der Waals surface area contributed by atoms with Crippen molar-refractivity contribution in [2.24, 2.45) is 0 Å². The minimum Gasteiger partial charge on any atom is -0.325 e. The SMILES string of the molecule is CCCn1c(SCC(=O)Nc2ccc([C@@H](C)CC)cc2)n[nH]c1=O. The monoisotopic (exact) mass is 348 g/mol. The van der Waals surface area contributed by atoms with Crippen molar-refractivity contribution in [2.45, 2.75) is 51.2 Å². The molecule has 0 bridgehead atoms. The second-order valence-electron chi connectivity index (χ2n) is 5.73. The van der Waals surface area contributed by atoms with E-state index >= 15 is 0 Å². The van der Waals surface area contributed by atoms with Crippen LogP contribution in [0.4, 0.5) is 5.69 Å². The zero-order chi connectivity index (χ0) is 17.5. The Hall–Kier alpha value is -2.02. The number of benzene rings is 1. The van der Waals surface area contributed by atoms with Gasteiger partial charge in [-0.2, -0.15) is 0 Å². The molecule has 0 saturated carbocycles. The van der Waals surface area contributed by atoms with Crippen LogP contribution in [0, 0.1) is 0 Å². The zero-order valence-electron chi connectivity index (χ0n) is 14.3. The summed E-state index contributed by atoms with van der Waals surface area (Å²) in [5.74, 6) is 0.608. The molecule has 0 aliphatic carbocycles. The number of aromatic amines is 1. The summed E-state index contributed by atoms with van der Waals surface area (Å²) in [4.78, 5) is 23.7. The number of nitrogens with one attached hydrogen (secondary N) is 2. The minimum atomic E-state index is -0.236. The van der Waals surface area contributed by atoms with E-state index in [1.54, 1.807) is 4.57 Å². The average Bonchev–Trinajstić information content (AvgIpc) is 2.93. The molecule has 2 N–H and O–H groups in total. The van der Waals surface area contributed by atoms with Gasteiger partial charge in [-0.05, 0) is 36.5 Å². The van der Waals surface area contributed by atoms with Gasteiger partial charge in [0.25, 0.3) is 0 Å². The van der Waals surface area contributed by atoms with Gasteiger partial charge in [0.1, 0.15) is 0 Å². The van der Waals surface area contributed by atoms with Crippen LogP contribution in [0.5, 0.6) is 0 Å². The predicted octanol–water partition coefficient (Wildman–Crippen LogP) is 3.23. The number of anilines is 1. The van der Waals surface area contributed by atoms with Crippen molar-refractivity contribution >= 4 is 23.4 Å². The molecular weight excluding hydrogens is 324 g/mol. The van der Waals surface area contributed by atoms with Crippen molar-refractivity contribution in [1.82, 2.24) is 14.8 Å². The van der Waals surface area contributed by atoms with E-state index in [-0.39, 0.29) is 17.3 Å². The third-order valence-corrected chi connectivity index (χ3v) is 4.86. The first-order chi connectivity index (χ1) is 11.5. The molecule has 130 valence electrons. The summed E-state index contributed by atoms with van der Waals surface area (Å²) in [5.41, 5.74) is 1.81. The molecule has 2 rings (SSSR count). The lowest BCUT2D eigenvalue weighted by molar-refractivity contribution is -0.113. The first kappa shape index (κ1) is 18.3. The molecule has 2 aromatic rings. The van der Waals surface area contributed by atoms with Crippen LogP contribution in [0.1, 0.15) is 45.1 Å². The molecule has 0 aliphatic heterocycles. The van der Waals surface area contributed by atoms with Crippen LogP contribution in [0.15, 0.2) is 34.2 Å². The maximum Gasteiger partial charge on any atom is 0.343 e. The molecule has 1 heterocycles. The smallest absolute Gasteiger partial charge is 0.325 e. The molecule has 1 atom stereocenters. The highest BCUT2D eigenvalue weighted by Gasteiger charge is 2.11. The van der Waals surface area contributed by atoms with E-state index in [0.717, 1.165) is 18.5 Å². The average molecular weight is 348 g/mol. The molecule has 0 aliphatic rings. The summed E-state index contributed by atoms with van der Waals surface area (Å²) in [6.45, 7) is 6.93. The molecule has 24 heavy (non-hydrogen) atoms. The van der Waals surface area contributed by atoms with Gasteiger partial charge in [0.15, 0.2) is 5.16 Å². The molecule has 1 aromatic heterocycles. The van der Waals surface area contributed by atoms with E-state index < -0.39 is 0 Å². The van der Waals surface area contributed by atoms with Crippen LogP contribution in [-0.2, 0) is 11.3 Å². The van der Waals surface area contributed by atoms with Crippen LogP contribution in [0.3, 0.4) is 0 Å². The van der Waals surface area contributed by atoms with Crippen molar-refractivity contribution in [1.29, 1.82) is 0 Å². The summed E-state index contributed by atoms with van der Waals surface area (Å²) >= 11 is 1.26. The van der Waals surface area contributed by atoms with E-state index in [0.29, 0.717) is 17.6 Å². The second kappa shape index (κ2) is 8.73. The van der Waals surface area contributed by atoms with Crippen LogP contribution in [0.25, 0.3) is 0 Å². The number of hydrogen-bond donors (Lipinski definition) is 2. The highest BCUT2D eigenvalue weighted by molar-refractivity contribution is 7.99. The number of nitrogens with zero attached hydrogens (tertiary/aromatic N) is 2. The van der Waals surface area contributed by atoms with Gasteiger partial charge in [-0.3, -0.25) is 9.36 Å². The van der Waals surface area contributed by atoms with Gasteiger partial charge in [0, 0.05) is 12.2 Å². The molecule has 1 amide bonds. The summed E-state index contributed by atoms with van der Waals surface area (Å²) in [7, 11) is 0. The van der Waals surface area contributed by atoms with E-state index in [4.69, 9.17) is 0 Å². The Morgan fingerprint density at radius 3 is 2.67 bits per heavy atom. The maximum absolute atomic E-state index is 12.1. The first-order valence-electron chi connectivity index (χ1n) is 8.23. The Morgan fingerprint density at radius 1 is 1.33 bits per heavy atom. The van der Waals surface area contributed by atoms with Crippen molar-refractivity contribution in [3.8, 4) is 0 Å². The van der Waals surface area contributed by atoms with Crippen LogP contribution >= 0.6 is 11.8 Å². The van der Waals surface area contributed by atoms with E-state index in [1.807, 2.05) is 31.2 Å². The largest absolute Gasteiger partial charge is 0.343 e. The van der Waals surface area contributed by atoms with Gasteiger partial charge in [-0.15, -0.1) is 5.10 Å². The minimum absolute atomic E-state index is 0.116. The predicted molar refractivity (Wildman–Crippen MR) is 97.6 cm³/mol. The van der Waals surface area contributed by atoms with Gasteiger partial charge >= 0.3 is 5.69 Å². The molecule has 0 saturated heterocycles. The quantitative estimate of drug-likeness (QED) is 0.718. The molecule has 0 fully saturated rings. The number of rotatable bonds is 8. The Labute approximate surface area is 146 Å². The van der Waals surface area contributed by atoms with Crippen molar-refractivity contribution in [2.75, 3.05) is 11.1 Å². The number of thioether (sulfide) groups is 1. The Bertz CT molecular complexity index is 721. The molecule has 0 spiro atoms. The van der Waals surface area contributed by atoms with Crippen molar-refractivity contribution in [3.05, 3.63) is 40.3 Å². The number of H-pyrrole nitrogens is 1. The molecular formula is C17H24N4O2S. The number of hydrogen-bond acceptors (Lipinski definition) is 4. The van der Waals surface area contributed by atoms with Crippen molar-refractivity contribution < 1.29 is 4.79 Å². The molecule has 6 nitrogen and oxygen atoms in total. The normalized spacial score (nSPS) is 12.1. The lowest BCUT2D eigenvalue weighted by Gasteiger charge is -2.10. The summed E-state index contributed by atoms with van der Waals surface area (Å²) < 4.78 is 1.55. The molecule has 0 radical (unpaired) electrons. The van der Waals surface area contributed by atoms with Crippen LogP contribution in [0.2, 0.25) is 0 Å². The fourth-order valence-corrected chi connectivity index (χ4v) is 3.06. The molecule has 7 heteroatoms. The second-order valence-corrected chi connectivity index (χ2v) is 6.67. The molecule has 0 unspecified atom stereocenters. The lowest BCUT2D eigenvalue weighted by Crippen LogP contribution is -2.18. The number of carbonyl (C=O) groups is 1. The standard InChI is InChI=1S/C17H24N4O2S/c1-4-10-21-16(23)19-20-17(21)24-11-15(22)18-14-8-6-13(7-9-14)12(3)5-2/h6-9,12H,4-5,10-11H2,1-3H3,(H,18,22)(H,19,23)/t12-/m0/s1. The van der Waals surface area contributed by atoms with Crippen LogP contribution in [-0.4, -0.2) is 26.4 Å². The number of amides is 1. The topological polar surface area (TPSA) is 79.8 Å².